The van der Waals surface area contributed by atoms with Crippen LogP contribution >= 0.6 is 0 Å². The predicted molar refractivity (Wildman–Crippen MR) is 54.2 cm³/mol. The molecule has 0 rings (SSSR count). The van der Waals surface area contributed by atoms with E-state index >= 15 is 0 Å². The van der Waals surface area contributed by atoms with Crippen molar-refractivity contribution >= 4 is 16.9 Å². The zero-order valence-corrected chi connectivity index (χ0v) is 8.82. The van der Waals surface area contributed by atoms with Gasteiger partial charge in [0.2, 0.25) is 5.91 Å². The van der Waals surface area contributed by atoms with E-state index in [4.69, 9.17) is 0 Å². The molecule has 0 saturated heterocycles. The minimum Gasteiger partial charge on any atom is -0.355 e. The number of hydrogen-bond donors (Lipinski definition) is 2. The molecule has 0 aliphatic rings. The first kappa shape index (κ1) is 12.3. The second-order valence-corrected chi connectivity index (χ2v) is 4.20. The molecule has 1 unspecified atom stereocenters. The van der Waals surface area contributed by atoms with Crippen molar-refractivity contribution in [3.05, 3.63) is 12.0 Å². The monoisotopic (exact) mass is 204 g/mol. The van der Waals surface area contributed by atoms with Crippen LogP contribution in [0.5, 0.6) is 0 Å². The largest absolute Gasteiger partial charge is 0.355 e. The van der Waals surface area contributed by atoms with Crippen molar-refractivity contribution in [2.75, 3.05) is 13.1 Å². The molecule has 0 bridgehead atoms. The Labute approximate surface area is 81.4 Å². The average molecular weight is 204 g/mol. The fourth-order valence-corrected chi connectivity index (χ4v) is 0.967. The van der Waals surface area contributed by atoms with Crippen LogP contribution in [-0.4, -0.2) is 23.2 Å². The summed E-state index contributed by atoms with van der Waals surface area (Å²) in [5.74, 6) is 0.276. The van der Waals surface area contributed by atoms with Crippen LogP contribution < -0.4 is 10.0 Å². The maximum absolute atomic E-state index is 11.0. The van der Waals surface area contributed by atoms with Gasteiger partial charge in [-0.15, -0.1) is 0 Å². The van der Waals surface area contributed by atoms with E-state index < -0.39 is 11.0 Å². The Bertz CT molecular complexity index is 204. The van der Waals surface area contributed by atoms with E-state index in [0.717, 1.165) is 0 Å². The zero-order chi connectivity index (χ0) is 10.3. The Morgan fingerprint density at radius 1 is 1.62 bits per heavy atom. The molecule has 2 N–H and O–H groups in total. The molecule has 0 spiro atoms. The summed E-state index contributed by atoms with van der Waals surface area (Å²) in [6, 6.07) is 0. The number of hydrogen-bond acceptors (Lipinski definition) is 2. The molecular formula is C8H16N2O2S. The number of carbonyl (C=O) groups is 1. The number of rotatable bonds is 6. The maximum atomic E-state index is 11.0. The SMILES string of the molecule is C=CS(=O)NCC(=O)NCC(C)C. The summed E-state index contributed by atoms with van der Waals surface area (Å²) in [6.45, 7) is 8.04. The van der Waals surface area contributed by atoms with E-state index in [-0.39, 0.29) is 12.5 Å². The van der Waals surface area contributed by atoms with E-state index in [1.165, 1.54) is 5.41 Å². The molecule has 13 heavy (non-hydrogen) atoms. The van der Waals surface area contributed by atoms with E-state index in [1.807, 2.05) is 13.8 Å². The lowest BCUT2D eigenvalue weighted by Gasteiger charge is -2.06. The van der Waals surface area contributed by atoms with Gasteiger partial charge in [-0.1, -0.05) is 20.4 Å². The van der Waals surface area contributed by atoms with Gasteiger partial charge in [-0.05, 0) is 5.92 Å². The lowest BCUT2D eigenvalue weighted by Crippen LogP contribution is -2.35. The van der Waals surface area contributed by atoms with Gasteiger partial charge in [0.05, 0.1) is 6.54 Å². The van der Waals surface area contributed by atoms with Gasteiger partial charge in [-0.3, -0.25) is 4.79 Å². The van der Waals surface area contributed by atoms with E-state index in [1.54, 1.807) is 0 Å². The third-order valence-electron chi connectivity index (χ3n) is 1.23. The summed E-state index contributed by atoms with van der Waals surface area (Å²) >= 11 is 0. The van der Waals surface area contributed by atoms with Gasteiger partial charge < -0.3 is 5.32 Å². The highest BCUT2D eigenvalue weighted by atomic mass is 32.2. The van der Waals surface area contributed by atoms with Gasteiger partial charge in [0.1, 0.15) is 11.0 Å². The molecule has 0 aromatic carbocycles. The molecule has 0 heterocycles. The van der Waals surface area contributed by atoms with Crippen molar-refractivity contribution in [1.82, 2.24) is 10.0 Å². The van der Waals surface area contributed by atoms with Crippen molar-refractivity contribution in [1.29, 1.82) is 0 Å². The van der Waals surface area contributed by atoms with Crippen LogP contribution in [0.4, 0.5) is 0 Å². The highest BCUT2D eigenvalue weighted by molar-refractivity contribution is 7.86. The Morgan fingerprint density at radius 2 is 2.23 bits per heavy atom. The Hall–Kier alpha value is -0.680. The van der Waals surface area contributed by atoms with Crippen LogP contribution in [0, 0.1) is 5.92 Å². The Kier molecular flexibility index (Phi) is 6.44. The molecule has 0 aliphatic carbocycles. The standard InChI is InChI=1S/C8H16N2O2S/c1-4-13(12)10-6-8(11)9-5-7(2)3/h4,7,10H,1,5-6H2,2-3H3,(H,9,11). The van der Waals surface area contributed by atoms with Gasteiger partial charge in [0, 0.05) is 12.0 Å². The quantitative estimate of drug-likeness (QED) is 0.647. The molecule has 0 aromatic heterocycles. The van der Waals surface area contributed by atoms with Crippen molar-refractivity contribution in [3.63, 3.8) is 0 Å². The number of nitrogens with one attached hydrogen (secondary N) is 2. The van der Waals surface area contributed by atoms with Crippen LogP contribution in [0.1, 0.15) is 13.8 Å². The average Bonchev–Trinajstić information content (AvgIpc) is 2.10. The lowest BCUT2D eigenvalue weighted by molar-refractivity contribution is -0.120. The van der Waals surface area contributed by atoms with Crippen LogP contribution in [0.2, 0.25) is 0 Å². The van der Waals surface area contributed by atoms with Crippen molar-refractivity contribution in [3.8, 4) is 0 Å². The molecule has 76 valence electrons. The first-order valence-corrected chi connectivity index (χ1v) is 5.31. The van der Waals surface area contributed by atoms with Crippen molar-refractivity contribution in [2.24, 2.45) is 5.92 Å². The lowest BCUT2D eigenvalue weighted by atomic mass is 10.2. The van der Waals surface area contributed by atoms with Crippen LogP contribution in [0.3, 0.4) is 0 Å². The summed E-state index contributed by atoms with van der Waals surface area (Å²) in [5.41, 5.74) is 0. The normalized spacial score (nSPS) is 12.5. The number of amides is 1. The smallest absolute Gasteiger partial charge is 0.234 e. The van der Waals surface area contributed by atoms with Crippen molar-refractivity contribution in [2.45, 2.75) is 13.8 Å². The van der Waals surface area contributed by atoms with E-state index in [9.17, 15) is 9.00 Å². The topological polar surface area (TPSA) is 58.2 Å². The molecule has 0 radical (unpaired) electrons. The Balaban J connectivity index is 3.51. The summed E-state index contributed by atoms with van der Waals surface area (Å²) < 4.78 is 13.3. The molecular weight excluding hydrogens is 188 g/mol. The Morgan fingerprint density at radius 3 is 2.69 bits per heavy atom. The van der Waals surface area contributed by atoms with Gasteiger partial charge in [-0.2, -0.15) is 0 Å². The second kappa shape index (κ2) is 6.80. The predicted octanol–water partition coefficient (Wildman–Crippen LogP) is 0.155. The summed E-state index contributed by atoms with van der Waals surface area (Å²) in [7, 11) is -1.31. The first-order valence-electron chi connectivity index (χ1n) is 4.09. The highest BCUT2D eigenvalue weighted by Gasteiger charge is 2.02. The van der Waals surface area contributed by atoms with Gasteiger partial charge in [0.15, 0.2) is 0 Å². The minimum atomic E-state index is -1.31. The zero-order valence-electron chi connectivity index (χ0n) is 8.00. The first-order chi connectivity index (χ1) is 6.06. The summed E-state index contributed by atoms with van der Waals surface area (Å²) in [6.07, 6.45) is 0. The third-order valence-corrected chi connectivity index (χ3v) is 1.97. The molecule has 5 heteroatoms. The fourth-order valence-electron chi connectivity index (χ4n) is 0.576. The van der Waals surface area contributed by atoms with Crippen LogP contribution in [-0.2, 0) is 15.8 Å². The van der Waals surface area contributed by atoms with Crippen LogP contribution in [0.15, 0.2) is 12.0 Å². The third kappa shape index (κ3) is 7.67. The molecule has 4 nitrogen and oxygen atoms in total. The summed E-state index contributed by atoms with van der Waals surface area (Å²) in [4.78, 5) is 11.0. The molecule has 1 amide bonds. The molecule has 1 atom stereocenters. The van der Waals surface area contributed by atoms with E-state index in [0.29, 0.717) is 12.5 Å². The molecule has 0 aliphatic heterocycles. The molecule has 0 saturated carbocycles. The highest BCUT2D eigenvalue weighted by Crippen LogP contribution is 1.86. The van der Waals surface area contributed by atoms with E-state index in [2.05, 4.69) is 16.6 Å². The maximum Gasteiger partial charge on any atom is 0.234 e. The summed E-state index contributed by atoms with van der Waals surface area (Å²) in [5, 5.41) is 3.94. The van der Waals surface area contributed by atoms with Crippen LogP contribution in [0.25, 0.3) is 0 Å². The van der Waals surface area contributed by atoms with Crippen molar-refractivity contribution < 1.29 is 9.00 Å². The van der Waals surface area contributed by atoms with Gasteiger partial charge >= 0.3 is 0 Å². The number of carbonyl (C=O) groups excluding carboxylic acids is 1. The molecule has 0 fully saturated rings. The van der Waals surface area contributed by atoms with Gasteiger partial charge in [-0.25, -0.2) is 8.93 Å². The fraction of sp³-hybridized carbons (Fsp3) is 0.625. The second-order valence-electron chi connectivity index (χ2n) is 2.98. The molecule has 0 aromatic rings. The van der Waals surface area contributed by atoms with Gasteiger partial charge in [0.25, 0.3) is 0 Å². The minimum absolute atomic E-state index is 0.0609.